The Bertz CT molecular complexity index is 1480. The van der Waals surface area contributed by atoms with Gasteiger partial charge >= 0.3 is 110 Å². The SMILES string of the molecule is CC(C)(C)c1[c-]c2c(cc1)-c1ccc(C(C)(C)C)cc1C2.Clc1ccc([C](=[Zr+2])c2ccccc2)cc1.[C-]1=CC=CC1.[Cl-].[Cl-]. The van der Waals surface area contributed by atoms with Crippen molar-refractivity contribution in [2.75, 3.05) is 0 Å². The molecule has 0 saturated heterocycles. The number of fused-ring (bicyclic) bond motifs is 3. The maximum absolute atomic E-state index is 5.86. The van der Waals surface area contributed by atoms with Gasteiger partial charge < -0.3 is 24.8 Å². The number of rotatable bonds is 2. The molecule has 0 saturated carbocycles. The molecule has 0 aliphatic heterocycles. The molecule has 2 aliphatic rings. The molecular formula is C39H39Cl3Zr-2. The van der Waals surface area contributed by atoms with Gasteiger partial charge in [0.25, 0.3) is 0 Å². The number of benzene rings is 4. The van der Waals surface area contributed by atoms with E-state index in [9.17, 15) is 0 Å². The van der Waals surface area contributed by atoms with Gasteiger partial charge in [0.15, 0.2) is 0 Å². The van der Waals surface area contributed by atoms with E-state index in [1.807, 2.05) is 30.4 Å². The van der Waals surface area contributed by atoms with E-state index in [2.05, 4.69) is 126 Å². The molecule has 0 unspecified atom stereocenters. The summed E-state index contributed by atoms with van der Waals surface area (Å²) in [5, 5.41) is 0.787. The van der Waals surface area contributed by atoms with Crippen LogP contribution in [0.2, 0.25) is 5.02 Å². The van der Waals surface area contributed by atoms with Gasteiger partial charge in [-0.05, 0) is 28.4 Å². The third-order valence-electron chi connectivity index (χ3n) is 7.25. The van der Waals surface area contributed by atoms with Crippen molar-refractivity contribution >= 4 is 14.8 Å². The van der Waals surface area contributed by atoms with E-state index < -0.39 is 0 Å². The maximum Gasteiger partial charge on any atom is -0.109 e. The average molecular weight is 705 g/mol. The molecule has 0 nitrogen and oxygen atoms in total. The molecule has 0 atom stereocenters. The fourth-order valence-corrected chi connectivity index (χ4v) is 5.70. The summed E-state index contributed by atoms with van der Waals surface area (Å²) in [6.45, 7) is 13.6. The van der Waals surface area contributed by atoms with E-state index in [1.165, 1.54) is 71.9 Å². The predicted molar refractivity (Wildman–Crippen MR) is 174 cm³/mol. The largest absolute Gasteiger partial charge is 1.00 e. The Hall–Kier alpha value is -2.02. The maximum atomic E-state index is 5.86. The molecule has 4 aromatic carbocycles. The van der Waals surface area contributed by atoms with Gasteiger partial charge in [-0.3, -0.25) is 6.08 Å². The van der Waals surface area contributed by atoms with Gasteiger partial charge in [0.05, 0.1) is 0 Å². The Balaban J connectivity index is 0.000000256. The summed E-state index contributed by atoms with van der Waals surface area (Å²) in [6, 6.07) is 33.6. The summed E-state index contributed by atoms with van der Waals surface area (Å²) >= 11 is 7.28. The number of allylic oxidation sites excluding steroid dienone is 4. The Kier molecular flexibility index (Phi) is 14.1. The summed E-state index contributed by atoms with van der Waals surface area (Å²) < 4.78 is 1.36. The molecule has 0 heterocycles. The van der Waals surface area contributed by atoms with Crippen LogP contribution in [0.4, 0.5) is 0 Å². The molecule has 0 aromatic heterocycles. The molecule has 2 aliphatic carbocycles. The van der Waals surface area contributed by atoms with E-state index in [0.29, 0.717) is 0 Å². The van der Waals surface area contributed by atoms with Crippen molar-refractivity contribution in [3.8, 4) is 11.1 Å². The Morgan fingerprint density at radius 1 is 0.744 bits per heavy atom. The minimum absolute atomic E-state index is 0. The van der Waals surface area contributed by atoms with Gasteiger partial charge in [-0.25, -0.2) is 12.2 Å². The van der Waals surface area contributed by atoms with Crippen LogP contribution in [0.3, 0.4) is 0 Å². The minimum atomic E-state index is 0. The zero-order chi connectivity index (χ0) is 29.6. The van der Waals surface area contributed by atoms with Crippen molar-refractivity contribution in [2.24, 2.45) is 0 Å². The van der Waals surface area contributed by atoms with Crippen LogP contribution in [0.5, 0.6) is 0 Å². The molecular weight excluding hydrogens is 666 g/mol. The molecule has 0 radical (unpaired) electrons. The first kappa shape index (κ1) is 37.2. The number of halogens is 3. The zero-order valence-corrected chi connectivity index (χ0v) is 30.6. The van der Waals surface area contributed by atoms with Gasteiger partial charge in [-0.15, -0.1) is 17.5 Å². The van der Waals surface area contributed by atoms with Gasteiger partial charge in [0, 0.05) is 0 Å². The first-order chi connectivity index (χ1) is 19.4. The third-order valence-corrected chi connectivity index (χ3v) is 8.92. The van der Waals surface area contributed by atoms with Crippen LogP contribution in [0, 0.1) is 12.1 Å². The van der Waals surface area contributed by atoms with Crippen LogP contribution in [-0.2, 0) is 41.5 Å². The molecule has 6 rings (SSSR count). The summed E-state index contributed by atoms with van der Waals surface area (Å²) in [5.74, 6) is 0. The average Bonchev–Trinajstić information content (AvgIpc) is 3.64. The van der Waals surface area contributed by atoms with Crippen molar-refractivity contribution in [1.29, 1.82) is 0 Å². The van der Waals surface area contributed by atoms with Gasteiger partial charge in [0.1, 0.15) is 0 Å². The van der Waals surface area contributed by atoms with Gasteiger partial charge in [-0.2, -0.15) is 29.8 Å². The van der Waals surface area contributed by atoms with Crippen LogP contribution in [0.15, 0.2) is 103 Å². The van der Waals surface area contributed by atoms with E-state index in [-0.39, 0.29) is 35.6 Å². The van der Waals surface area contributed by atoms with Gasteiger partial charge in [0.2, 0.25) is 0 Å². The van der Waals surface area contributed by atoms with E-state index in [4.69, 9.17) is 11.6 Å². The Labute approximate surface area is 291 Å². The third kappa shape index (κ3) is 10.3. The van der Waals surface area contributed by atoms with Crippen LogP contribution >= 0.6 is 11.6 Å². The van der Waals surface area contributed by atoms with Crippen LogP contribution < -0.4 is 24.8 Å². The second kappa shape index (κ2) is 16.3. The zero-order valence-electron chi connectivity index (χ0n) is 25.9. The second-order valence-electron chi connectivity index (χ2n) is 12.6. The van der Waals surface area contributed by atoms with Crippen molar-refractivity contribution in [1.82, 2.24) is 0 Å². The molecule has 0 amide bonds. The molecule has 222 valence electrons. The number of hydrogen-bond acceptors (Lipinski definition) is 0. The second-order valence-corrected chi connectivity index (χ2v) is 14.2. The van der Waals surface area contributed by atoms with Crippen LogP contribution in [-0.4, -0.2) is 3.21 Å². The number of hydrogen-bond donors (Lipinski definition) is 0. The topological polar surface area (TPSA) is 0 Å². The van der Waals surface area contributed by atoms with Crippen LogP contribution in [0.1, 0.15) is 81.3 Å². The summed E-state index contributed by atoms with van der Waals surface area (Å²) in [6.07, 6.45) is 11.0. The normalized spacial score (nSPS) is 12.4. The minimum Gasteiger partial charge on any atom is -1.00 e. The fraction of sp³-hybridized carbons (Fsp3) is 0.256. The predicted octanol–water partition coefficient (Wildman–Crippen LogP) is 4.42. The molecule has 0 N–H and O–H groups in total. The standard InChI is InChI=1S/C21H25.C13H9Cl.C5H5.2ClH.Zr/c1-20(2,3)16-7-9-18-14(12-16)11-15-13-17(21(4,5)6)8-10-19(15)18;14-13-8-6-12(7-9-13)10-11-4-2-1-3-5-11;1-2-4-5-3-1;;;/h7-10,12H,11H2,1-6H3;1-9H;1-3H,4H2;2*1H;/q-1;;-1;;;+2/p-2. The quantitative estimate of drug-likeness (QED) is 0.239. The molecule has 0 spiro atoms. The summed E-state index contributed by atoms with van der Waals surface area (Å²) in [7, 11) is 0. The summed E-state index contributed by atoms with van der Waals surface area (Å²) in [4.78, 5) is 0. The van der Waals surface area contributed by atoms with E-state index in [1.54, 1.807) is 0 Å². The molecule has 4 aromatic rings. The fourth-order valence-electron chi connectivity index (χ4n) is 4.76. The van der Waals surface area contributed by atoms with Crippen LogP contribution in [0.25, 0.3) is 11.1 Å². The first-order valence-electron chi connectivity index (χ1n) is 14.2. The monoisotopic (exact) mass is 702 g/mol. The Morgan fingerprint density at radius 3 is 1.91 bits per heavy atom. The van der Waals surface area contributed by atoms with E-state index >= 15 is 0 Å². The first-order valence-corrected chi connectivity index (χ1v) is 15.9. The molecule has 4 heteroatoms. The van der Waals surface area contributed by atoms with Crippen molar-refractivity contribution < 1.29 is 49.0 Å². The molecule has 0 bridgehead atoms. The summed E-state index contributed by atoms with van der Waals surface area (Å²) in [5.41, 5.74) is 11.2. The van der Waals surface area contributed by atoms with Crippen molar-refractivity contribution in [2.45, 2.75) is 65.2 Å². The molecule has 43 heavy (non-hydrogen) atoms. The van der Waals surface area contributed by atoms with Crippen molar-refractivity contribution in [3.63, 3.8) is 0 Å². The smallest absolute Gasteiger partial charge is 0.109 e. The Morgan fingerprint density at radius 2 is 1.37 bits per heavy atom. The molecule has 0 fully saturated rings. The van der Waals surface area contributed by atoms with Crippen molar-refractivity contribution in [3.05, 3.63) is 154 Å². The van der Waals surface area contributed by atoms with E-state index in [0.717, 1.165) is 17.9 Å². The van der Waals surface area contributed by atoms with Gasteiger partial charge in [-0.1, -0.05) is 65.3 Å².